The normalized spacial score (nSPS) is 10.5. The van der Waals surface area contributed by atoms with Gasteiger partial charge in [0, 0.05) is 17.7 Å². The first-order valence-electron chi connectivity index (χ1n) is 6.54. The molecule has 0 unspecified atom stereocenters. The third-order valence-electron chi connectivity index (χ3n) is 2.92. The third-order valence-corrected chi connectivity index (χ3v) is 2.92. The molecule has 2 aromatic heterocycles. The number of aryl methyl sites for hydroxylation is 1. The zero-order valence-corrected chi connectivity index (χ0v) is 11.4. The van der Waals surface area contributed by atoms with Crippen LogP contribution in [0.2, 0.25) is 0 Å². The van der Waals surface area contributed by atoms with Gasteiger partial charge in [-0.2, -0.15) is 4.98 Å². The van der Waals surface area contributed by atoms with Gasteiger partial charge in [-0.1, -0.05) is 12.1 Å². The predicted molar refractivity (Wildman–Crippen MR) is 75.8 cm³/mol. The molecule has 0 atom stereocenters. The highest BCUT2D eigenvalue weighted by Crippen LogP contribution is 2.20. The van der Waals surface area contributed by atoms with E-state index in [1.807, 2.05) is 19.1 Å². The average Bonchev–Trinajstić information content (AvgIpc) is 3.19. The minimum absolute atomic E-state index is 0.267. The number of rotatable bonds is 4. The third kappa shape index (κ3) is 2.84. The van der Waals surface area contributed by atoms with Crippen LogP contribution in [-0.2, 0) is 6.42 Å². The lowest BCUT2D eigenvalue weighted by atomic mass is 10.2. The van der Waals surface area contributed by atoms with Crippen LogP contribution in [0.5, 0.6) is 0 Å². The van der Waals surface area contributed by atoms with E-state index in [0.29, 0.717) is 17.4 Å². The van der Waals surface area contributed by atoms with Gasteiger partial charge in [0.1, 0.15) is 0 Å². The van der Waals surface area contributed by atoms with Crippen molar-refractivity contribution < 1.29 is 13.7 Å². The molecule has 0 saturated heterocycles. The number of furan rings is 1. The van der Waals surface area contributed by atoms with Crippen molar-refractivity contribution in [3.05, 3.63) is 54.2 Å². The van der Waals surface area contributed by atoms with Gasteiger partial charge in [0.05, 0.1) is 6.26 Å². The highest BCUT2D eigenvalue weighted by molar-refractivity contribution is 6.02. The number of benzene rings is 1. The lowest BCUT2D eigenvalue weighted by molar-refractivity contribution is 0.0996. The maximum Gasteiger partial charge on any atom is 0.291 e. The van der Waals surface area contributed by atoms with E-state index in [1.165, 1.54) is 6.26 Å². The maximum atomic E-state index is 11.8. The summed E-state index contributed by atoms with van der Waals surface area (Å²) >= 11 is 0. The maximum absolute atomic E-state index is 11.8. The highest BCUT2D eigenvalue weighted by atomic mass is 16.5. The lowest BCUT2D eigenvalue weighted by Crippen LogP contribution is -2.10. The van der Waals surface area contributed by atoms with Crippen LogP contribution < -0.4 is 5.32 Å². The molecule has 6 nitrogen and oxygen atoms in total. The Bertz CT molecular complexity index is 730. The van der Waals surface area contributed by atoms with Gasteiger partial charge in [-0.15, -0.1) is 0 Å². The van der Waals surface area contributed by atoms with E-state index < -0.39 is 0 Å². The number of hydrogen-bond donors (Lipinski definition) is 1. The molecular weight excluding hydrogens is 270 g/mol. The summed E-state index contributed by atoms with van der Waals surface area (Å²) in [4.78, 5) is 16.1. The Balaban J connectivity index is 1.73. The van der Waals surface area contributed by atoms with Crippen molar-refractivity contribution in [1.29, 1.82) is 0 Å². The summed E-state index contributed by atoms with van der Waals surface area (Å²) in [6, 6.07) is 10.4. The van der Waals surface area contributed by atoms with E-state index >= 15 is 0 Å². The molecule has 1 aromatic carbocycles. The van der Waals surface area contributed by atoms with Crippen molar-refractivity contribution in [2.24, 2.45) is 0 Å². The first kappa shape index (κ1) is 13.1. The van der Waals surface area contributed by atoms with Gasteiger partial charge in [-0.25, -0.2) is 0 Å². The molecule has 6 heteroatoms. The Morgan fingerprint density at radius 3 is 2.67 bits per heavy atom. The molecule has 3 rings (SSSR count). The zero-order valence-electron chi connectivity index (χ0n) is 11.4. The highest BCUT2D eigenvalue weighted by Gasteiger charge is 2.10. The fraction of sp³-hybridized carbons (Fsp3) is 0.133. The molecule has 21 heavy (non-hydrogen) atoms. The van der Waals surface area contributed by atoms with E-state index in [9.17, 15) is 4.79 Å². The Hall–Kier alpha value is -2.89. The van der Waals surface area contributed by atoms with Crippen molar-refractivity contribution >= 4 is 11.6 Å². The summed E-state index contributed by atoms with van der Waals surface area (Å²) in [5, 5.41) is 6.59. The Kier molecular flexibility index (Phi) is 3.51. The minimum Gasteiger partial charge on any atom is -0.459 e. The Morgan fingerprint density at radius 2 is 2.05 bits per heavy atom. The molecule has 2 heterocycles. The quantitative estimate of drug-likeness (QED) is 0.795. The van der Waals surface area contributed by atoms with E-state index in [2.05, 4.69) is 15.5 Å². The second kappa shape index (κ2) is 5.62. The first-order valence-corrected chi connectivity index (χ1v) is 6.54. The zero-order chi connectivity index (χ0) is 14.7. The standard InChI is InChI=1S/C15H13N3O3/c1-2-13-17-15(21-18-13)10-5-7-11(8-6-10)16-14(19)12-4-3-9-20-12/h3-9H,2H2,1H3,(H,16,19). The van der Waals surface area contributed by atoms with Crippen LogP contribution in [-0.4, -0.2) is 16.0 Å². The smallest absolute Gasteiger partial charge is 0.291 e. The van der Waals surface area contributed by atoms with Crippen LogP contribution in [0.4, 0.5) is 5.69 Å². The van der Waals surface area contributed by atoms with Crippen molar-refractivity contribution in [2.75, 3.05) is 5.32 Å². The van der Waals surface area contributed by atoms with Crippen molar-refractivity contribution in [2.45, 2.75) is 13.3 Å². The van der Waals surface area contributed by atoms with Crippen LogP contribution in [0.15, 0.2) is 51.6 Å². The first-order chi connectivity index (χ1) is 10.3. The Labute approximate surface area is 120 Å². The largest absolute Gasteiger partial charge is 0.459 e. The van der Waals surface area contributed by atoms with E-state index in [-0.39, 0.29) is 11.7 Å². The SMILES string of the molecule is CCc1noc(-c2ccc(NC(=O)c3ccco3)cc2)n1. The van der Waals surface area contributed by atoms with E-state index in [1.54, 1.807) is 24.3 Å². The van der Waals surface area contributed by atoms with Crippen molar-refractivity contribution in [3.63, 3.8) is 0 Å². The van der Waals surface area contributed by atoms with Gasteiger partial charge >= 0.3 is 0 Å². The molecule has 0 bridgehead atoms. The molecule has 1 N–H and O–H groups in total. The van der Waals surface area contributed by atoms with Crippen LogP contribution in [0.3, 0.4) is 0 Å². The van der Waals surface area contributed by atoms with Crippen LogP contribution in [0.1, 0.15) is 23.3 Å². The molecule has 106 valence electrons. The molecule has 0 spiro atoms. The molecule has 0 aliphatic heterocycles. The number of nitrogens with one attached hydrogen (secondary N) is 1. The molecule has 3 aromatic rings. The molecule has 1 amide bonds. The van der Waals surface area contributed by atoms with Gasteiger partial charge in [-0.3, -0.25) is 4.79 Å². The van der Waals surface area contributed by atoms with E-state index in [0.717, 1.165) is 12.0 Å². The number of nitrogens with zero attached hydrogens (tertiary/aromatic N) is 2. The number of carbonyl (C=O) groups is 1. The molecule has 0 radical (unpaired) electrons. The summed E-state index contributed by atoms with van der Waals surface area (Å²) in [5.41, 5.74) is 1.47. The molecule has 0 aliphatic carbocycles. The number of carbonyl (C=O) groups excluding carboxylic acids is 1. The number of hydrogen-bond acceptors (Lipinski definition) is 5. The van der Waals surface area contributed by atoms with E-state index in [4.69, 9.17) is 8.94 Å². The minimum atomic E-state index is -0.293. The van der Waals surface area contributed by atoms with Crippen molar-refractivity contribution in [3.8, 4) is 11.5 Å². The second-order valence-electron chi connectivity index (χ2n) is 4.38. The Morgan fingerprint density at radius 1 is 1.24 bits per heavy atom. The topological polar surface area (TPSA) is 81.2 Å². The second-order valence-corrected chi connectivity index (χ2v) is 4.38. The van der Waals surface area contributed by atoms with Crippen LogP contribution in [0.25, 0.3) is 11.5 Å². The predicted octanol–water partition coefficient (Wildman–Crippen LogP) is 3.14. The average molecular weight is 283 g/mol. The summed E-state index contributed by atoms with van der Waals surface area (Å²) in [6.07, 6.45) is 2.18. The van der Waals surface area contributed by atoms with Gasteiger partial charge in [0.2, 0.25) is 0 Å². The molecule has 0 fully saturated rings. The van der Waals surface area contributed by atoms with Crippen LogP contribution in [0, 0.1) is 0 Å². The van der Waals surface area contributed by atoms with Gasteiger partial charge in [0.15, 0.2) is 11.6 Å². The van der Waals surface area contributed by atoms with Crippen molar-refractivity contribution in [1.82, 2.24) is 10.1 Å². The molecule has 0 aliphatic rings. The summed E-state index contributed by atoms with van der Waals surface area (Å²) in [6.45, 7) is 1.96. The van der Waals surface area contributed by atoms with Crippen LogP contribution >= 0.6 is 0 Å². The summed E-state index contributed by atoms with van der Waals surface area (Å²) in [5.74, 6) is 1.11. The number of anilines is 1. The lowest BCUT2D eigenvalue weighted by Gasteiger charge is -2.03. The van der Waals surface area contributed by atoms with Gasteiger partial charge < -0.3 is 14.3 Å². The fourth-order valence-corrected chi connectivity index (χ4v) is 1.81. The monoisotopic (exact) mass is 283 g/mol. The van der Waals surface area contributed by atoms with Gasteiger partial charge in [-0.05, 0) is 36.4 Å². The summed E-state index contributed by atoms with van der Waals surface area (Å²) < 4.78 is 10.2. The number of aromatic nitrogens is 2. The van der Waals surface area contributed by atoms with Gasteiger partial charge in [0.25, 0.3) is 11.8 Å². The fourth-order valence-electron chi connectivity index (χ4n) is 1.81. The molecular formula is C15H13N3O3. The molecule has 0 saturated carbocycles. The summed E-state index contributed by atoms with van der Waals surface area (Å²) in [7, 11) is 0. The number of amides is 1.